The lowest BCUT2D eigenvalue weighted by atomic mass is 10.2. The summed E-state index contributed by atoms with van der Waals surface area (Å²) in [5, 5.41) is 2.78. The van der Waals surface area contributed by atoms with Gasteiger partial charge in [0.2, 0.25) is 5.91 Å². The molecule has 8 nitrogen and oxygen atoms in total. The van der Waals surface area contributed by atoms with Crippen molar-refractivity contribution >= 4 is 23.5 Å². The molecule has 3 rings (SSSR count). The number of nitrogens with one attached hydrogen (secondary N) is 1. The summed E-state index contributed by atoms with van der Waals surface area (Å²) in [4.78, 5) is 29.4. The maximum atomic E-state index is 12.0. The fraction of sp³-hybridized carbons (Fsp3) is 0.500. The lowest BCUT2D eigenvalue weighted by Crippen LogP contribution is -2.46. The van der Waals surface area contributed by atoms with E-state index in [1.54, 1.807) is 12.1 Å². The zero-order valence-corrected chi connectivity index (χ0v) is 12.1. The van der Waals surface area contributed by atoms with E-state index in [1.165, 1.54) is 4.90 Å². The number of hydrogen-bond donors (Lipinski definition) is 2. The topological polar surface area (TPSA) is 107 Å². The van der Waals surface area contributed by atoms with Gasteiger partial charge in [-0.2, -0.15) is 0 Å². The number of hydrogen-bond acceptors (Lipinski definition) is 6. The smallest absolute Gasteiger partial charge is 0.266 e. The maximum Gasteiger partial charge on any atom is 0.266 e. The highest BCUT2D eigenvalue weighted by Gasteiger charge is 2.29. The average molecular weight is 306 g/mol. The Kier molecular flexibility index (Phi) is 4.10. The molecular weight excluding hydrogens is 288 g/mol. The molecule has 0 saturated carbocycles. The zero-order chi connectivity index (χ0) is 15.5. The second kappa shape index (κ2) is 6.18. The average Bonchev–Trinajstić information content (AvgIpc) is 3.02. The first kappa shape index (κ1) is 14.6. The molecule has 1 aromatic rings. The van der Waals surface area contributed by atoms with Crippen LogP contribution in [0.4, 0.5) is 11.6 Å². The molecule has 1 aromatic heterocycles. The second-order valence-electron chi connectivity index (χ2n) is 5.27. The molecule has 22 heavy (non-hydrogen) atoms. The van der Waals surface area contributed by atoms with Crippen LogP contribution in [0.2, 0.25) is 0 Å². The molecule has 8 heteroatoms. The van der Waals surface area contributed by atoms with E-state index in [4.69, 9.17) is 15.2 Å². The molecule has 0 bridgehead atoms. The van der Waals surface area contributed by atoms with Gasteiger partial charge in [-0.25, -0.2) is 4.98 Å². The number of carbonyl (C=O) groups excluding carboxylic acids is 2. The largest absolute Gasteiger partial charge is 0.480 e. The standard InChI is InChI=1S/C14H18N4O4/c15-11-4-3-10-14(17-11)18(13(20)8-22-10)7-12(19)16-6-9-2-1-5-21-9/h3-4,9H,1-2,5-8H2,(H2,15,17)(H,16,19). The van der Waals surface area contributed by atoms with Crippen molar-refractivity contribution in [1.29, 1.82) is 0 Å². The summed E-state index contributed by atoms with van der Waals surface area (Å²) >= 11 is 0. The van der Waals surface area contributed by atoms with Gasteiger partial charge in [0.1, 0.15) is 12.4 Å². The number of nitrogen functional groups attached to an aromatic ring is 1. The first-order valence-corrected chi connectivity index (χ1v) is 7.21. The number of pyridine rings is 1. The highest BCUT2D eigenvalue weighted by Crippen LogP contribution is 2.30. The fourth-order valence-electron chi connectivity index (χ4n) is 2.49. The van der Waals surface area contributed by atoms with E-state index < -0.39 is 0 Å². The fourth-order valence-corrected chi connectivity index (χ4v) is 2.49. The number of nitrogens with zero attached hydrogens (tertiary/aromatic N) is 2. The summed E-state index contributed by atoms with van der Waals surface area (Å²) in [6, 6.07) is 3.23. The highest BCUT2D eigenvalue weighted by atomic mass is 16.5. The third-order valence-corrected chi connectivity index (χ3v) is 3.62. The molecule has 0 aromatic carbocycles. The normalized spacial score (nSPS) is 20.5. The predicted molar refractivity (Wildman–Crippen MR) is 78.5 cm³/mol. The summed E-state index contributed by atoms with van der Waals surface area (Å²) < 4.78 is 10.7. The van der Waals surface area contributed by atoms with Crippen LogP contribution in [0, 0.1) is 0 Å². The van der Waals surface area contributed by atoms with E-state index in [0.717, 1.165) is 19.4 Å². The van der Waals surface area contributed by atoms with Gasteiger partial charge in [-0.15, -0.1) is 0 Å². The van der Waals surface area contributed by atoms with Gasteiger partial charge < -0.3 is 20.5 Å². The van der Waals surface area contributed by atoms with Gasteiger partial charge in [-0.1, -0.05) is 0 Å². The predicted octanol–water partition coefficient (Wildman–Crippen LogP) is -0.316. The Morgan fingerprint density at radius 3 is 3.14 bits per heavy atom. The summed E-state index contributed by atoms with van der Waals surface area (Å²) in [5.74, 6) is 0.407. The van der Waals surface area contributed by atoms with Gasteiger partial charge in [-0.05, 0) is 25.0 Å². The zero-order valence-electron chi connectivity index (χ0n) is 12.1. The maximum absolute atomic E-state index is 12.0. The minimum absolute atomic E-state index is 0.0606. The summed E-state index contributed by atoms with van der Waals surface area (Å²) in [7, 11) is 0. The van der Waals surface area contributed by atoms with Crippen LogP contribution >= 0.6 is 0 Å². The Labute approximate surface area is 127 Å². The summed E-state index contributed by atoms with van der Waals surface area (Å²) in [5.41, 5.74) is 5.64. The second-order valence-corrected chi connectivity index (χ2v) is 5.27. The lowest BCUT2D eigenvalue weighted by molar-refractivity contribution is -0.125. The molecule has 0 aliphatic carbocycles. The van der Waals surface area contributed by atoms with Crippen LogP contribution in [0.15, 0.2) is 12.1 Å². The van der Waals surface area contributed by atoms with E-state index in [0.29, 0.717) is 12.3 Å². The van der Waals surface area contributed by atoms with E-state index in [2.05, 4.69) is 10.3 Å². The Balaban J connectivity index is 1.64. The van der Waals surface area contributed by atoms with Crippen molar-refractivity contribution in [3.63, 3.8) is 0 Å². The third kappa shape index (κ3) is 3.11. The van der Waals surface area contributed by atoms with Gasteiger partial charge in [0, 0.05) is 13.2 Å². The van der Waals surface area contributed by atoms with Crippen molar-refractivity contribution in [2.75, 3.05) is 36.9 Å². The molecule has 3 N–H and O–H groups in total. The summed E-state index contributed by atoms with van der Waals surface area (Å²) in [6.45, 7) is 0.962. The molecule has 1 fully saturated rings. The number of carbonyl (C=O) groups is 2. The van der Waals surface area contributed by atoms with E-state index in [-0.39, 0.29) is 42.7 Å². The molecule has 118 valence electrons. The lowest BCUT2D eigenvalue weighted by Gasteiger charge is -2.27. The molecule has 2 aliphatic heterocycles. The van der Waals surface area contributed by atoms with Gasteiger partial charge in [0.05, 0.1) is 6.10 Å². The quantitative estimate of drug-likeness (QED) is 0.790. The number of amides is 2. The van der Waals surface area contributed by atoms with Crippen LogP contribution in [-0.2, 0) is 14.3 Å². The van der Waals surface area contributed by atoms with Gasteiger partial charge in [0.25, 0.3) is 5.91 Å². The first-order chi connectivity index (χ1) is 10.6. The molecule has 2 aliphatic rings. The molecule has 0 radical (unpaired) electrons. The van der Waals surface area contributed by atoms with Crippen molar-refractivity contribution in [3.8, 4) is 5.75 Å². The number of rotatable bonds is 4. The van der Waals surface area contributed by atoms with Crippen molar-refractivity contribution in [3.05, 3.63) is 12.1 Å². The van der Waals surface area contributed by atoms with Crippen molar-refractivity contribution < 1.29 is 19.1 Å². The van der Waals surface area contributed by atoms with Crippen LogP contribution in [-0.4, -0.2) is 49.2 Å². The third-order valence-electron chi connectivity index (χ3n) is 3.62. The Hall–Kier alpha value is -2.35. The van der Waals surface area contributed by atoms with Crippen LogP contribution in [0.25, 0.3) is 0 Å². The summed E-state index contributed by atoms with van der Waals surface area (Å²) in [6.07, 6.45) is 2.02. The minimum Gasteiger partial charge on any atom is -0.480 e. The monoisotopic (exact) mass is 306 g/mol. The molecule has 3 heterocycles. The van der Waals surface area contributed by atoms with Gasteiger partial charge in [0.15, 0.2) is 18.2 Å². The number of aromatic nitrogens is 1. The molecule has 0 spiro atoms. The van der Waals surface area contributed by atoms with Gasteiger partial charge >= 0.3 is 0 Å². The molecular formula is C14H18N4O4. The van der Waals surface area contributed by atoms with E-state index in [1.807, 2.05) is 0 Å². The highest BCUT2D eigenvalue weighted by molar-refractivity contribution is 6.01. The Morgan fingerprint density at radius 1 is 1.50 bits per heavy atom. The van der Waals surface area contributed by atoms with Crippen molar-refractivity contribution in [2.24, 2.45) is 0 Å². The van der Waals surface area contributed by atoms with E-state index >= 15 is 0 Å². The number of fused-ring (bicyclic) bond motifs is 1. The minimum atomic E-state index is -0.321. The SMILES string of the molecule is Nc1ccc2c(n1)N(CC(=O)NCC1CCCO1)C(=O)CO2. The Morgan fingerprint density at radius 2 is 2.36 bits per heavy atom. The number of anilines is 2. The van der Waals surface area contributed by atoms with Gasteiger partial charge in [-0.3, -0.25) is 14.5 Å². The first-order valence-electron chi connectivity index (χ1n) is 7.21. The molecule has 1 atom stereocenters. The molecule has 2 amide bonds. The van der Waals surface area contributed by atoms with Crippen molar-refractivity contribution in [1.82, 2.24) is 10.3 Å². The van der Waals surface area contributed by atoms with Crippen LogP contribution in [0.3, 0.4) is 0 Å². The van der Waals surface area contributed by atoms with Crippen LogP contribution < -0.4 is 20.7 Å². The number of nitrogens with two attached hydrogens (primary N) is 1. The molecule has 1 saturated heterocycles. The van der Waals surface area contributed by atoms with Crippen LogP contribution in [0.1, 0.15) is 12.8 Å². The van der Waals surface area contributed by atoms with Crippen LogP contribution in [0.5, 0.6) is 5.75 Å². The molecule has 1 unspecified atom stereocenters. The van der Waals surface area contributed by atoms with E-state index in [9.17, 15) is 9.59 Å². The Bertz CT molecular complexity index is 586. The number of ether oxygens (including phenoxy) is 2. The van der Waals surface area contributed by atoms with Crippen molar-refractivity contribution in [2.45, 2.75) is 18.9 Å².